The van der Waals surface area contributed by atoms with Gasteiger partial charge in [-0.3, -0.25) is 9.78 Å². The van der Waals surface area contributed by atoms with E-state index in [1.165, 1.54) is 17.4 Å². The van der Waals surface area contributed by atoms with Crippen LogP contribution in [0.3, 0.4) is 0 Å². The fourth-order valence-corrected chi connectivity index (χ4v) is 4.44. The van der Waals surface area contributed by atoms with Crippen LogP contribution in [0.4, 0.5) is 9.80 Å². The Morgan fingerprint density at radius 2 is 2.06 bits per heavy atom. The van der Waals surface area contributed by atoms with Gasteiger partial charge in [0.2, 0.25) is 5.91 Å². The highest BCUT2D eigenvalue weighted by Crippen LogP contribution is 2.36. The van der Waals surface area contributed by atoms with Crippen LogP contribution < -0.4 is 10.1 Å². The lowest BCUT2D eigenvalue weighted by Crippen LogP contribution is -2.37. The van der Waals surface area contributed by atoms with Gasteiger partial charge < -0.3 is 15.0 Å². The molecule has 0 aliphatic carbocycles. The average Bonchev–Trinajstić information content (AvgIpc) is 3.15. The number of aromatic nitrogens is 1. The number of rotatable bonds is 4. The lowest BCUT2D eigenvalue weighted by Gasteiger charge is -2.26. The van der Waals surface area contributed by atoms with Crippen molar-refractivity contribution in [2.45, 2.75) is 13.0 Å². The van der Waals surface area contributed by atoms with Crippen LogP contribution in [-0.4, -0.2) is 28.4 Å². The number of nitriles is 1. The molecule has 4 rings (SSSR count). The number of para-hydroxylation sites is 1. The molecule has 31 heavy (non-hydrogen) atoms. The van der Waals surface area contributed by atoms with Gasteiger partial charge in [0.1, 0.15) is 16.8 Å². The molecule has 0 unspecified atom stereocenters. The molecule has 0 saturated heterocycles. The van der Waals surface area contributed by atoms with E-state index in [4.69, 9.17) is 4.74 Å². The number of carbonyl (C=O) groups is 2. The summed E-state index contributed by atoms with van der Waals surface area (Å²) in [5.41, 5.74) is 2.14. The molecular formula is C23H18N4O3S. The van der Waals surface area contributed by atoms with Crippen LogP contribution in [0.25, 0.3) is 6.08 Å². The number of carbonyl (C=O) groups excluding carboxylic acids is 2. The van der Waals surface area contributed by atoms with E-state index in [0.717, 1.165) is 16.0 Å². The fourth-order valence-electron chi connectivity index (χ4n) is 3.22. The second-order valence-corrected chi connectivity index (χ2v) is 7.89. The minimum absolute atomic E-state index is 0.334. The first kappa shape index (κ1) is 20.3. The molecular weight excluding hydrogens is 412 g/mol. The number of ether oxygens (including phenoxy) is 1. The smallest absolute Gasteiger partial charge is 0.410 e. The van der Waals surface area contributed by atoms with Crippen LogP contribution in [0.2, 0.25) is 0 Å². The van der Waals surface area contributed by atoms with Gasteiger partial charge in [0.25, 0.3) is 0 Å². The first-order valence-corrected chi connectivity index (χ1v) is 10.4. The zero-order valence-corrected chi connectivity index (χ0v) is 17.3. The molecule has 0 bridgehead atoms. The maximum absolute atomic E-state index is 12.5. The molecule has 1 N–H and O–H groups in total. The van der Waals surface area contributed by atoms with Crippen molar-refractivity contribution in [3.8, 4) is 11.8 Å². The lowest BCUT2D eigenvalue weighted by molar-refractivity contribution is -0.111. The van der Waals surface area contributed by atoms with Crippen molar-refractivity contribution in [3.05, 3.63) is 82.5 Å². The molecule has 3 heterocycles. The Hall–Kier alpha value is -3.96. The van der Waals surface area contributed by atoms with E-state index in [1.54, 1.807) is 53.7 Å². The van der Waals surface area contributed by atoms with E-state index < -0.39 is 6.09 Å². The minimum Gasteiger partial charge on any atom is -0.410 e. The SMILES string of the molecule is N#Cc1c(NC(=O)/C=C/c2cccnc2)sc2c1CCN(C(=O)Oc1ccccc1)C2. The summed E-state index contributed by atoms with van der Waals surface area (Å²) < 4.78 is 5.41. The van der Waals surface area contributed by atoms with Crippen LogP contribution >= 0.6 is 11.3 Å². The highest BCUT2D eigenvalue weighted by molar-refractivity contribution is 7.16. The molecule has 0 fully saturated rings. The maximum Gasteiger partial charge on any atom is 0.415 e. The third-order valence-corrected chi connectivity index (χ3v) is 5.86. The van der Waals surface area contributed by atoms with Crippen LogP contribution in [0, 0.1) is 11.3 Å². The van der Waals surface area contributed by atoms with Gasteiger partial charge in [0.15, 0.2) is 0 Å². The van der Waals surface area contributed by atoms with Crippen LogP contribution in [0.1, 0.15) is 21.6 Å². The fraction of sp³-hybridized carbons (Fsp3) is 0.130. The highest BCUT2D eigenvalue weighted by atomic mass is 32.1. The van der Waals surface area contributed by atoms with Crippen molar-refractivity contribution in [2.24, 2.45) is 0 Å². The van der Waals surface area contributed by atoms with E-state index in [1.807, 2.05) is 12.1 Å². The number of thiophene rings is 1. The zero-order valence-electron chi connectivity index (χ0n) is 16.4. The van der Waals surface area contributed by atoms with Crippen LogP contribution in [-0.2, 0) is 17.8 Å². The predicted octanol–water partition coefficient (Wildman–Crippen LogP) is 4.22. The Morgan fingerprint density at radius 1 is 1.23 bits per heavy atom. The summed E-state index contributed by atoms with van der Waals surface area (Å²) in [6.07, 6.45) is 6.46. The van der Waals surface area contributed by atoms with Crippen molar-refractivity contribution in [1.82, 2.24) is 9.88 Å². The minimum atomic E-state index is -0.436. The number of fused-ring (bicyclic) bond motifs is 1. The highest BCUT2D eigenvalue weighted by Gasteiger charge is 2.28. The Kier molecular flexibility index (Phi) is 6.05. The standard InChI is InChI=1S/C23H18N4O3S/c24-13-19-18-10-12-27(23(29)30-17-6-2-1-3-7-17)15-20(18)31-22(19)26-21(28)9-8-16-5-4-11-25-14-16/h1-9,11,14H,10,12,15H2,(H,26,28)/b9-8+. The molecule has 2 amide bonds. The number of hydrogen-bond acceptors (Lipinski definition) is 6. The van der Waals surface area contributed by atoms with Gasteiger partial charge >= 0.3 is 6.09 Å². The van der Waals surface area contributed by atoms with E-state index in [2.05, 4.69) is 16.4 Å². The summed E-state index contributed by atoms with van der Waals surface area (Å²) >= 11 is 1.31. The number of pyridine rings is 1. The van der Waals surface area contributed by atoms with Crippen molar-refractivity contribution >= 4 is 34.4 Å². The van der Waals surface area contributed by atoms with Gasteiger partial charge in [-0.05, 0) is 41.8 Å². The summed E-state index contributed by atoms with van der Waals surface area (Å²) in [6, 6.07) is 14.7. The van der Waals surface area contributed by atoms with E-state index in [-0.39, 0.29) is 5.91 Å². The zero-order chi connectivity index (χ0) is 21.6. The third-order valence-electron chi connectivity index (χ3n) is 4.72. The molecule has 8 heteroatoms. The Labute approximate surface area is 183 Å². The average molecular weight is 430 g/mol. The number of nitrogens with one attached hydrogen (secondary N) is 1. The monoisotopic (exact) mass is 430 g/mol. The van der Waals surface area contributed by atoms with E-state index in [0.29, 0.717) is 35.8 Å². The molecule has 0 atom stereocenters. The Bertz CT molecular complexity index is 1170. The number of benzene rings is 1. The van der Waals surface area contributed by atoms with Crippen molar-refractivity contribution in [1.29, 1.82) is 5.26 Å². The van der Waals surface area contributed by atoms with Gasteiger partial charge in [-0.1, -0.05) is 24.3 Å². The second-order valence-electron chi connectivity index (χ2n) is 6.78. The molecule has 1 aliphatic heterocycles. The topological polar surface area (TPSA) is 95.3 Å². The first-order chi connectivity index (χ1) is 15.1. The molecule has 0 radical (unpaired) electrons. The van der Waals surface area contributed by atoms with Gasteiger partial charge in [0.05, 0.1) is 12.1 Å². The van der Waals surface area contributed by atoms with Crippen LogP contribution in [0.15, 0.2) is 60.9 Å². The molecule has 0 spiro atoms. The molecule has 0 saturated carbocycles. The number of nitrogens with zero attached hydrogens (tertiary/aromatic N) is 3. The molecule has 2 aromatic heterocycles. The summed E-state index contributed by atoms with van der Waals surface area (Å²) in [5.74, 6) is 0.148. The van der Waals surface area contributed by atoms with Crippen molar-refractivity contribution < 1.29 is 14.3 Å². The lowest BCUT2D eigenvalue weighted by atomic mass is 10.0. The predicted molar refractivity (Wildman–Crippen MR) is 118 cm³/mol. The van der Waals surface area contributed by atoms with Gasteiger partial charge in [-0.2, -0.15) is 5.26 Å². The number of amides is 2. The van der Waals surface area contributed by atoms with Crippen molar-refractivity contribution in [3.63, 3.8) is 0 Å². The van der Waals surface area contributed by atoms with Crippen molar-refractivity contribution in [2.75, 3.05) is 11.9 Å². The summed E-state index contributed by atoms with van der Waals surface area (Å²) in [6.45, 7) is 0.778. The maximum atomic E-state index is 12.5. The quantitative estimate of drug-likeness (QED) is 0.625. The normalized spacial score (nSPS) is 12.8. The second kappa shape index (κ2) is 9.24. The largest absolute Gasteiger partial charge is 0.415 e. The summed E-state index contributed by atoms with van der Waals surface area (Å²) in [7, 11) is 0. The van der Waals surface area contributed by atoms with Gasteiger partial charge in [-0.15, -0.1) is 11.3 Å². The molecule has 7 nitrogen and oxygen atoms in total. The van der Waals surface area contributed by atoms with E-state index >= 15 is 0 Å². The summed E-state index contributed by atoms with van der Waals surface area (Å²) in [5, 5.41) is 12.9. The summed E-state index contributed by atoms with van der Waals surface area (Å²) in [4.78, 5) is 31.3. The van der Waals surface area contributed by atoms with Gasteiger partial charge in [-0.25, -0.2) is 4.79 Å². The van der Waals surface area contributed by atoms with Crippen LogP contribution in [0.5, 0.6) is 5.75 Å². The number of hydrogen-bond donors (Lipinski definition) is 1. The Morgan fingerprint density at radius 3 is 2.81 bits per heavy atom. The van der Waals surface area contributed by atoms with Gasteiger partial charge in [0, 0.05) is 29.9 Å². The molecule has 1 aliphatic rings. The van der Waals surface area contributed by atoms with E-state index in [9.17, 15) is 14.9 Å². The molecule has 1 aromatic carbocycles. The number of anilines is 1. The first-order valence-electron chi connectivity index (χ1n) is 9.59. The molecule has 154 valence electrons. The third kappa shape index (κ3) is 4.79. The Balaban J connectivity index is 1.45. The molecule has 3 aromatic rings.